The monoisotopic (exact) mass is 286 g/mol. The second kappa shape index (κ2) is 6.26. The minimum absolute atomic E-state index is 0.0539. The molecule has 1 saturated heterocycles. The van der Waals surface area contributed by atoms with Crippen molar-refractivity contribution < 1.29 is 18.0 Å². The summed E-state index contributed by atoms with van der Waals surface area (Å²) in [5.41, 5.74) is -0.179. The van der Waals surface area contributed by atoms with Crippen molar-refractivity contribution in [1.82, 2.24) is 10.6 Å². The number of hydrogen-bond donors (Lipinski definition) is 2. The second-order valence-electron chi connectivity index (χ2n) is 5.07. The molecule has 0 aromatic heterocycles. The zero-order valence-corrected chi connectivity index (χ0v) is 11.2. The van der Waals surface area contributed by atoms with E-state index in [0.29, 0.717) is 0 Å². The van der Waals surface area contributed by atoms with Gasteiger partial charge in [0.1, 0.15) is 0 Å². The Hall–Kier alpha value is -1.56. The van der Waals surface area contributed by atoms with Gasteiger partial charge in [-0.25, -0.2) is 13.2 Å². The Kier molecular flexibility index (Phi) is 4.65. The second-order valence-corrected chi connectivity index (χ2v) is 5.07. The van der Waals surface area contributed by atoms with E-state index in [-0.39, 0.29) is 23.5 Å². The molecule has 0 spiro atoms. The maximum absolute atomic E-state index is 14.0. The van der Waals surface area contributed by atoms with Crippen molar-refractivity contribution in [2.24, 2.45) is 5.92 Å². The average Bonchev–Trinajstić information content (AvgIpc) is 2.88. The molecule has 0 aliphatic carbocycles. The lowest BCUT2D eigenvalue weighted by Crippen LogP contribution is -2.28. The molecule has 110 valence electrons. The molecule has 2 rings (SSSR count). The maximum atomic E-state index is 14.0. The van der Waals surface area contributed by atoms with E-state index >= 15 is 0 Å². The SMILES string of the molecule is Cc1c(C(F)NC(=O)CC2CCNC2)ccc(F)c1F. The third-order valence-corrected chi connectivity index (χ3v) is 3.58. The summed E-state index contributed by atoms with van der Waals surface area (Å²) in [6.45, 7) is 2.89. The lowest BCUT2D eigenvalue weighted by atomic mass is 10.0. The number of carbonyl (C=O) groups is 1. The van der Waals surface area contributed by atoms with Crippen LogP contribution in [0.2, 0.25) is 0 Å². The van der Waals surface area contributed by atoms with E-state index < -0.39 is 23.8 Å². The number of amides is 1. The summed E-state index contributed by atoms with van der Waals surface area (Å²) in [6.07, 6.45) is -0.711. The minimum Gasteiger partial charge on any atom is -0.323 e. The van der Waals surface area contributed by atoms with E-state index in [2.05, 4.69) is 10.6 Å². The molecular formula is C14H17F3N2O. The van der Waals surface area contributed by atoms with Crippen molar-refractivity contribution in [3.63, 3.8) is 0 Å². The molecule has 1 aliphatic heterocycles. The van der Waals surface area contributed by atoms with Gasteiger partial charge in [0.2, 0.25) is 5.91 Å². The van der Waals surface area contributed by atoms with Crippen molar-refractivity contribution in [3.8, 4) is 0 Å². The average molecular weight is 286 g/mol. The highest BCUT2D eigenvalue weighted by Gasteiger charge is 2.22. The van der Waals surface area contributed by atoms with Gasteiger partial charge in [0.05, 0.1) is 0 Å². The van der Waals surface area contributed by atoms with Crippen LogP contribution in [-0.4, -0.2) is 19.0 Å². The number of hydrogen-bond acceptors (Lipinski definition) is 2. The highest BCUT2D eigenvalue weighted by Crippen LogP contribution is 2.23. The van der Waals surface area contributed by atoms with Crippen molar-refractivity contribution >= 4 is 5.91 Å². The predicted molar refractivity (Wildman–Crippen MR) is 68.7 cm³/mol. The van der Waals surface area contributed by atoms with E-state index in [1.165, 1.54) is 6.92 Å². The van der Waals surface area contributed by atoms with Crippen LogP contribution in [0.15, 0.2) is 12.1 Å². The van der Waals surface area contributed by atoms with Gasteiger partial charge in [-0.2, -0.15) is 0 Å². The highest BCUT2D eigenvalue weighted by molar-refractivity contribution is 5.76. The summed E-state index contributed by atoms with van der Waals surface area (Å²) >= 11 is 0. The molecule has 1 aromatic carbocycles. The summed E-state index contributed by atoms with van der Waals surface area (Å²) in [6, 6.07) is 2.01. The summed E-state index contributed by atoms with van der Waals surface area (Å²) in [7, 11) is 0. The largest absolute Gasteiger partial charge is 0.323 e. The topological polar surface area (TPSA) is 41.1 Å². The van der Waals surface area contributed by atoms with Crippen molar-refractivity contribution in [2.45, 2.75) is 26.1 Å². The number of alkyl halides is 1. The molecule has 2 unspecified atom stereocenters. The van der Waals surface area contributed by atoms with Gasteiger partial charge in [0.15, 0.2) is 17.9 Å². The third-order valence-electron chi connectivity index (χ3n) is 3.58. The van der Waals surface area contributed by atoms with Crippen molar-refractivity contribution in [2.75, 3.05) is 13.1 Å². The van der Waals surface area contributed by atoms with Crippen LogP contribution in [0.1, 0.15) is 30.3 Å². The van der Waals surface area contributed by atoms with Gasteiger partial charge in [-0.1, -0.05) is 6.07 Å². The Balaban J connectivity index is 1.99. The van der Waals surface area contributed by atoms with Crippen molar-refractivity contribution in [3.05, 3.63) is 34.9 Å². The first-order valence-corrected chi connectivity index (χ1v) is 6.57. The predicted octanol–water partition coefficient (Wildman–Crippen LogP) is 2.36. The van der Waals surface area contributed by atoms with E-state index in [0.717, 1.165) is 31.6 Å². The Morgan fingerprint density at radius 1 is 1.50 bits per heavy atom. The van der Waals surface area contributed by atoms with Gasteiger partial charge in [0, 0.05) is 12.0 Å². The first kappa shape index (κ1) is 14.8. The Morgan fingerprint density at radius 3 is 2.90 bits per heavy atom. The molecule has 2 N–H and O–H groups in total. The molecule has 6 heteroatoms. The van der Waals surface area contributed by atoms with Crippen LogP contribution in [-0.2, 0) is 4.79 Å². The number of benzene rings is 1. The Labute approximate surface area is 115 Å². The van der Waals surface area contributed by atoms with Crippen LogP contribution < -0.4 is 10.6 Å². The maximum Gasteiger partial charge on any atom is 0.222 e. The molecule has 2 atom stereocenters. The molecule has 1 heterocycles. The quantitative estimate of drug-likeness (QED) is 0.834. The van der Waals surface area contributed by atoms with Crippen molar-refractivity contribution in [1.29, 1.82) is 0 Å². The zero-order chi connectivity index (χ0) is 14.7. The smallest absolute Gasteiger partial charge is 0.222 e. The fourth-order valence-electron chi connectivity index (χ4n) is 2.37. The molecule has 0 bridgehead atoms. The zero-order valence-electron chi connectivity index (χ0n) is 11.2. The molecular weight excluding hydrogens is 269 g/mol. The van der Waals surface area contributed by atoms with E-state index in [1.807, 2.05) is 0 Å². The van der Waals surface area contributed by atoms with E-state index in [1.54, 1.807) is 0 Å². The molecule has 1 aliphatic rings. The Bertz CT molecular complexity index is 501. The molecule has 20 heavy (non-hydrogen) atoms. The van der Waals surface area contributed by atoms with Crippen LogP contribution in [0, 0.1) is 24.5 Å². The van der Waals surface area contributed by atoms with Crippen LogP contribution >= 0.6 is 0 Å². The van der Waals surface area contributed by atoms with Crippen LogP contribution in [0.25, 0.3) is 0 Å². The van der Waals surface area contributed by atoms with Crippen LogP contribution in [0.5, 0.6) is 0 Å². The lowest BCUT2D eigenvalue weighted by molar-refractivity contribution is -0.123. The van der Waals surface area contributed by atoms with Crippen LogP contribution in [0.4, 0.5) is 13.2 Å². The standard InChI is InChI=1S/C14H17F3N2O/c1-8-10(2-3-11(15)13(8)16)14(17)19-12(20)6-9-4-5-18-7-9/h2-3,9,14,18H,4-7H2,1H3,(H,19,20). The summed E-state index contributed by atoms with van der Waals surface area (Å²) in [5, 5.41) is 5.31. The number of halogens is 3. The molecule has 0 radical (unpaired) electrons. The van der Waals surface area contributed by atoms with Gasteiger partial charge < -0.3 is 10.6 Å². The first-order chi connectivity index (χ1) is 9.49. The summed E-state index contributed by atoms with van der Waals surface area (Å²) in [4.78, 5) is 11.7. The van der Waals surface area contributed by atoms with Gasteiger partial charge in [-0.3, -0.25) is 4.79 Å². The molecule has 3 nitrogen and oxygen atoms in total. The fourth-order valence-corrected chi connectivity index (χ4v) is 2.37. The summed E-state index contributed by atoms with van der Waals surface area (Å²) < 4.78 is 40.3. The van der Waals surface area contributed by atoms with E-state index in [9.17, 15) is 18.0 Å². The normalized spacial score (nSPS) is 19.9. The molecule has 0 saturated carbocycles. The first-order valence-electron chi connectivity index (χ1n) is 6.57. The third kappa shape index (κ3) is 3.30. The van der Waals surface area contributed by atoms with Gasteiger partial charge in [-0.05, 0) is 44.0 Å². The van der Waals surface area contributed by atoms with Gasteiger partial charge in [0.25, 0.3) is 0 Å². The summed E-state index contributed by atoms with van der Waals surface area (Å²) in [5.74, 6) is -2.33. The van der Waals surface area contributed by atoms with E-state index in [4.69, 9.17) is 0 Å². The molecule has 1 aromatic rings. The number of carbonyl (C=O) groups excluding carboxylic acids is 1. The van der Waals surface area contributed by atoms with Crippen LogP contribution in [0.3, 0.4) is 0 Å². The van der Waals surface area contributed by atoms with Gasteiger partial charge >= 0.3 is 0 Å². The Morgan fingerprint density at radius 2 is 2.25 bits per heavy atom. The van der Waals surface area contributed by atoms with Gasteiger partial charge in [-0.15, -0.1) is 0 Å². The molecule has 1 fully saturated rings. The highest BCUT2D eigenvalue weighted by atomic mass is 19.2. The fraction of sp³-hybridized carbons (Fsp3) is 0.500. The lowest BCUT2D eigenvalue weighted by Gasteiger charge is -2.15. The number of nitrogens with one attached hydrogen (secondary N) is 2. The minimum atomic E-state index is -1.83. The number of rotatable bonds is 4. The molecule has 1 amide bonds.